The van der Waals surface area contributed by atoms with Crippen LogP contribution in [-0.2, 0) is 4.79 Å². The van der Waals surface area contributed by atoms with Crippen LogP contribution in [0.3, 0.4) is 0 Å². The largest absolute Gasteiger partial charge is 0.496 e. The van der Waals surface area contributed by atoms with Crippen LogP contribution in [0.2, 0.25) is 5.02 Å². The first-order valence-corrected chi connectivity index (χ1v) is 8.53. The highest BCUT2D eigenvalue weighted by Gasteiger charge is 2.31. The molecule has 26 heavy (non-hydrogen) atoms. The Hall–Kier alpha value is -2.60. The van der Waals surface area contributed by atoms with Crippen LogP contribution in [0, 0.1) is 11.7 Å². The van der Waals surface area contributed by atoms with Gasteiger partial charge in [0.1, 0.15) is 11.6 Å². The van der Waals surface area contributed by atoms with Gasteiger partial charge in [-0.2, -0.15) is 0 Å². The Bertz CT molecular complexity index is 826. The molecule has 1 aliphatic heterocycles. The third-order valence-corrected chi connectivity index (χ3v) is 4.54. The molecule has 1 atom stereocenters. The topological polar surface area (TPSA) is 58.6 Å². The number of ether oxygens (including phenoxy) is 1. The lowest BCUT2D eigenvalue weighted by atomic mass is 10.1. The number of rotatable bonds is 5. The van der Waals surface area contributed by atoms with Crippen molar-refractivity contribution in [2.75, 3.05) is 25.1 Å². The summed E-state index contributed by atoms with van der Waals surface area (Å²) in [5, 5.41) is 3.27. The molecular formula is C19H18ClFN2O3. The number of anilines is 1. The van der Waals surface area contributed by atoms with Crippen molar-refractivity contribution in [3.05, 3.63) is 58.9 Å². The third-order valence-electron chi connectivity index (χ3n) is 4.30. The Morgan fingerprint density at radius 1 is 1.31 bits per heavy atom. The van der Waals surface area contributed by atoms with Crippen LogP contribution in [0.5, 0.6) is 5.75 Å². The Labute approximate surface area is 155 Å². The summed E-state index contributed by atoms with van der Waals surface area (Å²) in [6.45, 7) is 0.815. The number of benzene rings is 2. The maximum absolute atomic E-state index is 13.0. The second kappa shape index (κ2) is 7.74. The van der Waals surface area contributed by atoms with Crippen LogP contribution in [-0.4, -0.2) is 32.0 Å². The predicted octanol–water partition coefficient (Wildman–Crippen LogP) is 3.27. The number of carbonyl (C=O) groups excluding carboxylic acids is 2. The average Bonchev–Trinajstić information content (AvgIpc) is 3.01. The van der Waals surface area contributed by atoms with Crippen LogP contribution in [0.25, 0.3) is 0 Å². The minimum Gasteiger partial charge on any atom is -0.496 e. The van der Waals surface area contributed by atoms with E-state index in [1.54, 1.807) is 35.2 Å². The van der Waals surface area contributed by atoms with E-state index in [0.29, 0.717) is 41.5 Å². The zero-order chi connectivity index (χ0) is 18.7. The molecule has 136 valence electrons. The Morgan fingerprint density at radius 3 is 2.73 bits per heavy atom. The van der Waals surface area contributed by atoms with Gasteiger partial charge in [0.05, 0.1) is 12.7 Å². The van der Waals surface area contributed by atoms with Crippen LogP contribution < -0.4 is 15.0 Å². The molecule has 7 heteroatoms. The number of carbonyl (C=O) groups is 2. The molecule has 0 aromatic heterocycles. The first-order valence-electron chi connectivity index (χ1n) is 8.15. The maximum Gasteiger partial charge on any atom is 0.255 e. The molecular weight excluding hydrogens is 359 g/mol. The lowest BCUT2D eigenvalue weighted by Gasteiger charge is -2.17. The van der Waals surface area contributed by atoms with Crippen LogP contribution in [0.15, 0.2) is 42.5 Å². The van der Waals surface area contributed by atoms with Crippen LogP contribution in [0.4, 0.5) is 10.1 Å². The number of hydrogen-bond donors (Lipinski definition) is 1. The highest BCUT2D eigenvalue weighted by molar-refractivity contribution is 6.31. The average molecular weight is 377 g/mol. The molecule has 1 heterocycles. The molecule has 0 bridgehead atoms. The van der Waals surface area contributed by atoms with Crippen molar-refractivity contribution >= 4 is 29.1 Å². The summed E-state index contributed by atoms with van der Waals surface area (Å²) in [5.74, 6) is -0.295. The molecule has 3 rings (SSSR count). The second-order valence-corrected chi connectivity index (χ2v) is 6.54. The van der Waals surface area contributed by atoms with E-state index in [0.717, 1.165) is 0 Å². The summed E-state index contributed by atoms with van der Waals surface area (Å²) in [6, 6.07) is 10.6. The van der Waals surface area contributed by atoms with Gasteiger partial charge >= 0.3 is 0 Å². The molecule has 1 fully saturated rings. The summed E-state index contributed by atoms with van der Waals surface area (Å²) < 4.78 is 18.2. The molecule has 0 saturated carbocycles. The minimum atomic E-state index is -0.348. The summed E-state index contributed by atoms with van der Waals surface area (Å²) in [6.07, 6.45) is 0.324. The minimum absolute atomic E-state index is 0.0262. The van der Waals surface area contributed by atoms with Gasteiger partial charge in [0.2, 0.25) is 5.91 Å². The molecule has 0 radical (unpaired) electrons. The van der Waals surface area contributed by atoms with E-state index in [1.165, 1.54) is 19.2 Å². The fraction of sp³-hybridized carbons (Fsp3) is 0.263. The van der Waals surface area contributed by atoms with Gasteiger partial charge in [-0.15, -0.1) is 0 Å². The molecule has 0 aliphatic carbocycles. The Morgan fingerprint density at radius 2 is 2.04 bits per heavy atom. The standard InChI is InChI=1S/C19H18ClFN2O3/c1-26-17-7-2-13(20)9-16(17)19(25)22-10-12-8-18(24)23(11-12)15-5-3-14(21)4-6-15/h2-7,9,12H,8,10-11H2,1H3,(H,22,25). The normalized spacial score (nSPS) is 16.7. The van der Waals surface area contributed by atoms with Gasteiger partial charge < -0.3 is 15.0 Å². The van der Waals surface area contributed by atoms with Crippen LogP contribution >= 0.6 is 11.6 Å². The van der Waals surface area contributed by atoms with Crippen molar-refractivity contribution in [2.24, 2.45) is 5.92 Å². The molecule has 1 saturated heterocycles. The van der Waals surface area contributed by atoms with Crippen molar-refractivity contribution in [3.63, 3.8) is 0 Å². The maximum atomic E-state index is 13.0. The number of methoxy groups -OCH3 is 1. The zero-order valence-corrected chi connectivity index (χ0v) is 14.9. The number of nitrogens with one attached hydrogen (secondary N) is 1. The van der Waals surface area contributed by atoms with Gasteiger partial charge in [0.25, 0.3) is 5.91 Å². The van der Waals surface area contributed by atoms with Crippen molar-refractivity contribution in [1.82, 2.24) is 5.32 Å². The molecule has 2 aromatic rings. The third kappa shape index (κ3) is 3.96. The number of nitrogens with zero attached hydrogens (tertiary/aromatic N) is 1. The van der Waals surface area contributed by atoms with Crippen molar-refractivity contribution in [3.8, 4) is 5.75 Å². The molecule has 1 aliphatic rings. The molecule has 0 spiro atoms. The van der Waals surface area contributed by atoms with Gasteiger partial charge in [-0.3, -0.25) is 9.59 Å². The van der Waals surface area contributed by atoms with E-state index < -0.39 is 0 Å². The van der Waals surface area contributed by atoms with E-state index in [-0.39, 0.29) is 23.5 Å². The van der Waals surface area contributed by atoms with E-state index in [2.05, 4.69) is 5.32 Å². The Kier molecular flexibility index (Phi) is 5.42. The quantitative estimate of drug-likeness (QED) is 0.871. The summed E-state index contributed by atoms with van der Waals surface area (Å²) in [7, 11) is 1.48. The summed E-state index contributed by atoms with van der Waals surface area (Å²) in [4.78, 5) is 26.2. The highest BCUT2D eigenvalue weighted by atomic mass is 35.5. The smallest absolute Gasteiger partial charge is 0.255 e. The summed E-state index contributed by atoms with van der Waals surface area (Å²) >= 11 is 5.95. The first-order chi connectivity index (χ1) is 12.5. The fourth-order valence-electron chi connectivity index (χ4n) is 2.98. The van der Waals surface area contributed by atoms with E-state index in [1.807, 2.05) is 0 Å². The van der Waals surface area contributed by atoms with Gasteiger partial charge in [0.15, 0.2) is 0 Å². The SMILES string of the molecule is COc1ccc(Cl)cc1C(=O)NCC1CC(=O)N(c2ccc(F)cc2)C1. The lowest BCUT2D eigenvalue weighted by Crippen LogP contribution is -2.31. The van der Waals surface area contributed by atoms with Gasteiger partial charge in [-0.1, -0.05) is 11.6 Å². The Balaban J connectivity index is 1.62. The zero-order valence-electron chi connectivity index (χ0n) is 14.2. The molecule has 1 N–H and O–H groups in total. The lowest BCUT2D eigenvalue weighted by molar-refractivity contribution is -0.117. The van der Waals surface area contributed by atoms with E-state index >= 15 is 0 Å². The van der Waals surface area contributed by atoms with E-state index in [9.17, 15) is 14.0 Å². The van der Waals surface area contributed by atoms with Crippen molar-refractivity contribution < 1.29 is 18.7 Å². The summed E-state index contributed by atoms with van der Waals surface area (Å²) in [5.41, 5.74) is 1.00. The van der Waals surface area contributed by atoms with Gasteiger partial charge in [-0.05, 0) is 42.5 Å². The van der Waals surface area contributed by atoms with E-state index in [4.69, 9.17) is 16.3 Å². The second-order valence-electron chi connectivity index (χ2n) is 6.11. The molecule has 2 aromatic carbocycles. The van der Waals surface area contributed by atoms with Crippen LogP contribution in [0.1, 0.15) is 16.8 Å². The molecule has 5 nitrogen and oxygen atoms in total. The first kappa shape index (κ1) is 18.2. The van der Waals surface area contributed by atoms with Crippen molar-refractivity contribution in [2.45, 2.75) is 6.42 Å². The number of amides is 2. The number of halogens is 2. The highest BCUT2D eigenvalue weighted by Crippen LogP contribution is 2.26. The predicted molar refractivity (Wildman–Crippen MR) is 97.2 cm³/mol. The van der Waals surface area contributed by atoms with Gasteiger partial charge in [-0.25, -0.2) is 4.39 Å². The number of hydrogen-bond acceptors (Lipinski definition) is 3. The fourth-order valence-corrected chi connectivity index (χ4v) is 3.15. The van der Waals surface area contributed by atoms with Gasteiger partial charge in [0, 0.05) is 36.1 Å². The molecule has 1 unspecified atom stereocenters. The molecule has 2 amide bonds. The van der Waals surface area contributed by atoms with Crippen molar-refractivity contribution in [1.29, 1.82) is 0 Å². The monoisotopic (exact) mass is 376 g/mol.